The monoisotopic (exact) mass is 443 g/mol. The zero-order valence-electron chi connectivity index (χ0n) is 18.2. The summed E-state index contributed by atoms with van der Waals surface area (Å²) >= 11 is 0. The molecule has 32 heavy (non-hydrogen) atoms. The Hall–Kier alpha value is -3.36. The van der Waals surface area contributed by atoms with Gasteiger partial charge in [0, 0.05) is 18.9 Å². The number of hydrogen-bond acceptors (Lipinski definition) is 6. The van der Waals surface area contributed by atoms with Gasteiger partial charge in [-0.25, -0.2) is 9.59 Å². The van der Waals surface area contributed by atoms with Crippen LogP contribution >= 0.6 is 0 Å². The molecule has 0 spiro atoms. The summed E-state index contributed by atoms with van der Waals surface area (Å²) in [6.07, 6.45) is 1.58. The van der Waals surface area contributed by atoms with Crippen LogP contribution in [0, 0.1) is 6.92 Å². The fourth-order valence-corrected chi connectivity index (χ4v) is 3.01. The van der Waals surface area contributed by atoms with Gasteiger partial charge in [-0.15, -0.1) is 0 Å². The molecule has 0 aliphatic carbocycles. The molecule has 0 fully saturated rings. The number of aryl methyl sites for hydroxylation is 1. The van der Waals surface area contributed by atoms with Gasteiger partial charge in [-0.3, -0.25) is 5.32 Å². The van der Waals surface area contributed by atoms with Crippen LogP contribution in [0.3, 0.4) is 0 Å². The van der Waals surface area contributed by atoms with Crippen LogP contribution in [-0.2, 0) is 14.3 Å². The van der Waals surface area contributed by atoms with E-state index >= 15 is 0 Å². The van der Waals surface area contributed by atoms with Crippen LogP contribution < -0.4 is 10.1 Å². The molecule has 0 aliphatic rings. The van der Waals surface area contributed by atoms with Crippen molar-refractivity contribution in [2.24, 2.45) is 0 Å². The maximum Gasteiger partial charge on any atom is 0.412 e. The minimum atomic E-state index is -1.03. The number of ether oxygens (including phenoxy) is 3. The first kappa shape index (κ1) is 24.9. The number of anilines is 1. The maximum absolute atomic E-state index is 12.6. The Balaban J connectivity index is 2.17. The van der Waals surface area contributed by atoms with Crippen molar-refractivity contribution in [2.75, 3.05) is 25.6 Å². The van der Waals surface area contributed by atoms with Crippen molar-refractivity contribution >= 4 is 17.7 Å². The molecule has 0 aliphatic heterocycles. The molecule has 2 rings (SSSR count). The van der Waals surface area contributed by atoms with Crippen LogP contribution in [0.25, 0.3) is 0 Å². The smallest absolute Gasteiger partial charge is 0.412 e. The van der Waals surface area contributed by atoms with Gasteiger partial charge >= 0.3 is 12.1 Å². The first-order chi connectivity index (χ1) is 15.4. The van der Waals surface area contributed by atoms with Crippen LogP contribution in [0.2, 0.25) is 0 Å². The van der Waals surface area contributed by atoms with E-state index in [-0.39, 0.29) is 13.2 Å². The second kappa shape index (κ2) is 13.1. The highest BCUT2D eigenvalue weighted by Gasteiger charge is 2.27. The zero-order chi connectivity index (χ0) is 23.3. The van der Waals surface area contributed by atoms with Crippen LogP contribution in [-0.4, -0.2) is 48.7 Å². The van der Waals surface area contributed by atoms with Crippen molar-refractivity contribution in [1.29, 1.82) is 0 Å². The fraction of sp³-hybridized carbons (Fsp3) is 0.333. The van der Waals surface area contributed by atoms with E-state index < -0.39 is 24.3 Å². The number of aliphatic hydroxyl groups is 1. The number of carbonyl (C=O) groups excluding carboxylic acids is 1. The third kappa shape index (κ3) is 8.41. The molecule has 0 aromatic heterocycles. The summed E-state index contributed by atoms with van der Waals surface area (Å²) < 4.78 is 16.7. The molecule has 2 aromatic carbocycles. The summed E-state index contributed by atoms with van der Waals surface area (Å²) in [5, 5.41) is 20.4. The number of hydrogen-bond donors (Lipinski definition) is 3. The second-order valence-electron chi connectivity index (χ2n) is 7.05. The fourth-order valence-electron chi connectivity index (χ4n) is 3.01. The third-order valence-electron chi connectivity index (χ3n) is 4.62. The highest BCUT2D eigenvalue weighted by molar-refractivity contribution is 5.84. The molecule has 8 heteroatoms. The molecule has 1 amide bonds. The minimum Gasteiger partial charge on any atom is -0.491 e. The number of nitrogens with one attached hydrogen (secondary N) is 1. The van der Waals surface area contributed by atoms with E-state index in [0.29, 0.717) is 29.8 Å². The molecule has 0 heterocycles. The Morgan fingerprint density at radius 2 is 1.78 bits per heavy atom. The zero-order valence-corrected chi connectivity index (χ0v) is 18.2. The number of aliphatic hydroxyl groups excluding tert-OH is 1. The summed E-state index contributed by atoms with van der Waals surface area (Å²) in [5.41, 5.74) is 2.36. The summed E-state index contributed by atoms with van der Waals surface area (Å²) in [6.45, 7) is 2.03. The van der Waals surface area contributed by atoms with Gasteiger partial charge in [-0.05, 0) is 49.6 Å². The molecule has 0 saturated carbocycles. The molecule has 8 nitrogen and oxygen atoms in total. The van der Waals surface area contributed by atoms with E-state index in [0.717, 1.165) is 11.6 Å². The van der Waals surface area contributed by atoms with Crippen molar-refractivity contribution in [3.8, 4) is 5.75 Å². The predicted molar refractivity (Wildman–Crippen MR) is 120 cm³/mol. The normalized spacial score (nSPS) is 12.8. The summed E-state index contributed by atoms with van der Waals surface area (Å²) in [7, 11) is 1.51. The lowest BCUT2D eigenvalue weighted by molar-refractivity contribution is -0.131. The Labute approximate surface area is 187 Å². The summed E-state index contributed by atoms with van der Waals surface area (Å²) in [6, 6.07) is 14.3. The number of carboxylic acid groups (broad SMARTS) is 1. The van der Waals surface area contributed by atoms with Crippen LogP contribution in [0.1, 0.15) is 30.1 Å². The standard InChI is InChI=1S/C24H29NO7/c1-17-7-11-19(12-8-17)25-24(29)32-23(21(30-2)5-3-4-6-22(27)28)18-9-13-20(14-10-18)31-16-15-26/h4,6-14,21,23,26H,3,5,15-16H2,1-2H3,(H,25,29)(H,27,28)/b6-4+/t21-,23-/m1/s1. The Bertz CT molecular complexity index is 878. The van der Waals surface area contributed by atoms with Crippen LogP contribution in [0.15, 0.2) is 60.7 Å². The number of carbonyl (C=O) groups is 2. The van der Waals surface area contributed by atoms with Crippen LogP contribution in [0.4, 0.5) is 10.5 Å². The molecule has 172 valence electrons. The number of aliphatic carboxylic acids is 1. The average molecular weight is 443 g/mol. The van der Waals surface area contributed by atoms with Crippen molar-refractivity contribution < 1.29 is 34.0 Å². The molecule has 0 saturated heterocycles. The second-order valence-corrected chi connectivity index (χ2v) is 7.05. The summed E-state index contributed by atoms with van der Waals surface area (Å²) in [4.78, 5) is 23.3. The molecule has 0 unspecified atom stereocenters. The quantitative estimate of drug-likeness (QED) is 0.423. The van der Waals surface area contributed by atoms with Gasteiger partial charge in [0.15, 0.2) is 6.10 Å². The Kier molecular flexibility index (Phi) is 10.2. The van der Waals surface area contributed by atoms with Gasteiger partial charge in [0.2, 0.25) is 0 Å². The maximum atomic E-state index is 12.6. The van der Waals surface area contributed by atoms with Gasteiger partial charge in [0.25, 0.3) is 0 Å². The van der Waals surface area contributed by atoms with E-state index in [1.165, 1.54) is 13.2 Å². The molecule has 2 aromatic rings. The molecular weight excluding hydrogens is 414 g/mol. The number of methoxy groups -OCH3 is 1. The van der Waals surface area contributed by atoms with Crippen LogP contribution in [0.5, 0.6) is 5.75 Å². The lowest BCUT2D eigenvalue weighted by atomic mass is 10.00. The number of amides is 1. The highest BCUT2D eigenvalue weighted by Crippen LogP contribution is 2.29. The topological polar surface area (TPSA) is 114 Å². The van der Waals surface area contributed by atoms with Gasteiger partial charge in [-0.1, -0.05) is 35.9 Å². The van der Waals surface area contributed by atoms with Crippen molar-refractivity contribution in [1.82, 2.24) is 0 Å². The third-order valence-corrected chi connectivity index (χ3v) is 4.62. The Morgan fingerprint density at radius 3 is 2.38 bits per heavy atom. The first-order valence-corrected chi connectivity index (χ1v) is 10.2. The van der Waals surface area contributed by atoms with E-state index in [9.17, 15) is 9.59 Å². The van der Waals surface area contributed by atoms with Gasteiger partial charge < -0.3 is 24.4 Å². The number of carboxylic acids is 1. The van der Waals surface area contributed by atoms with E-state index in [1.54, 1.807) is 36.4 Å². The lowest BCUT2D eigenvalue weighted by Crippen LogP contribution is -2.28. The average Bonchev–Trinajstić information content (AvgIpc) is 2.78. The molecule has 0 radical (unpaired) electrons. The van der Waals surface area contributed by atoms with Crippen molar-refractivity contribution in [3.63, 3.8) is 0 Å². The molecule has 3 N–H and O–H groups in total. The minimum absolute atomic E-state index is 0.0950. The van der Waals surface area contributed by atoms with Gasteiger partial charge in [-0.2, -0.15) is 0 Å². The van der Waals surface area contributed by atoms with E-state index in [1.807, 2.05) is 19.1 Å². The first-order valence-electron chi connectivity index (χ1n) is 10.2. The van der Waals surface area contributed by atoms with E-state index in [4.69, 9.17) is 24.4 Å². The largest absolute Gasteiger partial charge is 0.491 e. The highest BCUT2D eigenvalue weighted by atomic mass is 16.6. The Morgan fingerprint density at radius 1 is 1.09 bits per heavy atom. The SMILES string of the molecule is CO[C@H](CC/C=C/C(=O)O)[C@H](OC(=O)Nc1ccc(C)cc1)c1ccc(OCCO)cc1. The number of rotatable bonds is 12. The lowest BCUT2D eigenvalue weighted by Gasteiger charge is -2.26. The molecule has 2 atom stereocenters. The van der Waals surface area contributed by atoms with Gasteiger partial charge in [0.05, 0.1) is 12.7 Å². The van der Waals surface area contributed by atoms with Crippen molar-refractivity contribution in [2.45, 2.75) is 32.0 Å². The number of benzene rings is 2. The number of allylic oxidation sites excluding steroid dienone is 1. The molecular formula is C24H29NO7. The van der Waals surface area contributed by atoms with Crippen molar-refractivity contribution in [3.05, 3.63) is 71.8 Å². The van der Waals surface area contributed by atoms with E-state index in [2.05, 4.69) is 5.32 Å². The molecule has 0 bridgehead atoms. The van der Waals surface area contributed by atoms with Gasteiger partial charge in [0.1, 0.15) is 12.4 Å². The summed E-state index contributed by atoms with van der Waals surface area (Å²) in [5.74, 6) is -0.452. The predicted octanol–water partition coefficient (Wildman–Crippen LogP) is 4.09.